The van der Waals surface area contributed by atoms with Crippen molar-refractivity contribution in [2.45, 2.75) is 17.6 Å². The van der Waals surface area contributed by atoms with Crippen molar-refractivity contribution < 1.29 is 27.0 Å². The van der Waals surface area contributed by atoms with Crippen molar-refractivity contribution in [2.75, 3.05) is 27.3 Å². The molecule has 146 valence electrons. The molecule has 27 heavy (non-hydrogen) atoms. The molecule has 0 N–H and O–H groups in total. The van der Waals surface area contributed by atoms with Crippen molar-refractivity contribution in [1.29, 1.82) is 0 Å². The molecule has 0 amide bonds. The smallest absolute Gasteiger partial charge is 0.247 e. The van der Waals surface area contributed by atoms with Crippen LogP contribution in [0.15, 0.2) is 41.3 Å². The van der Waals surface area contributed by atoms with Crippen LogP contribution in [0.2, 0.25) is 5.02 Å². The van der Waals surface area contributed by atoms with Gasteiger partial charge in [-0.15, -0.1) is 0 Å². The number of benzene rings is 2. The summed E-state index contributed by atoms with van der Waals surface area (Å²) >= 11 is 5.97. The minimum Gasteiger partial charge on any atom is -0.497 e. The van der Waals surface area contributed by atoms with Gasteiger partial charge in [-0.1, -0.05) is 17.7 Å². The number of hydrogen-bond acceptors (Lipinski definition) is 5. The Kier molecular flexibility index (Phi) is 5.90. The Labute approximate surface area is 162 Å². The highest BCUT2D eigenvalue weighted by molar-refractivity contribution is 7.89. The Morgan fingerprint density at radius 1 is 1.15 bits per heavy atom. The topological polar surface area (TPSA) is 65.1 Å². The summed E-state index contributed by atoms with van der Waals surface area (Å²) in [6.07, 6.45) is -0.266. The van der Waals surface area contributed by atoms with Gasteiger partial charge in [0.25, 0.3) is 0 Å². The first kappa shape index (κ1) is 19.9. The van der Waals surface area contributed by atoms with Crippen LogP contribution in [0.3, 0.4) is 0 Å². The van der Waals surface area contributed by atoms with E-state index in [0.29, 0.717) is 11.3 Å². The van der Waals surface area contributed by atoms with E-state index in [-0.39, 0.29) is 41.5 Å². The molecule has 0 spiro atoms. The third-order valence-corrected chi connectivity index (χ3v) is 6.50. The number of halogens is 2. The average molecular weight is 416 g/mol. The Balaban J connectivity index is 1.64. The lowest BCUT2D eigenvalue weighted by Crippen LogP contribution is -2.54. The summed E-state index contributed by atoms with van der Waals surface area (Å²) in [7, 11) is -0.858. The summed E-state index contributed by atoms with van der Waals surface area (Å²) in [6, 6.07) is 8.68. The maximum absolute atomic E-state index is 13.1. The molecular weight excluding hydrogens is 397 g/mol. The molecule has 1 aliphatic heterocycles. The lowest BCUT2D eigenvalue weighted by atomic mass is 10.2. The van der Waals surface area contributed by atoms with Gasteiger partial charge in [-0.2, -0.15) is 4.31 Å². The van der Waals surface area contributed by atoms with E-state index in [1.807, 2.05) is 0 Å². The van der Waals surface area contributed by atoms with Crippen LogP contribution in [0.1, 0.15) is 5.56 Å². The predicted molar refractivity (Wildman–Crippen MR) is 98.3 cm³/mol. The fourth-order valence-electron chi connectivity index (χ4n) is 2.67. The molecule has 6 nitrogen and oxygen atoms in total. The standard InChI is InChI=1S/C18H19ClFNO5S/c1-24-14-5-6-17(25-2)18(8-14)27(22,23)21-9-15(10-21)26-11-12-3-4-13(20)7-16(12)19/h3-8,15H,9-11H2,1-2H3. The van der Waals surface area contributed by atoms with E-state index >= 15 is 0 Å². The Morgan fingerprint density at radius 2 is 1.89 bits per heavy atom. The van der Waals surface area contributed by atoms with Crippen molar-refractivity contribution in [3.63, 3.8) is 0 Å². The molecule has 1 heterocycles. The van der Waals surface area contributed by atoms with Crippen molar-refractivity contribution in [1.82, 2.24) is 4.31 Å². The summed E-state index contributed by atoms with van der Waals surface area (Å²) in [5.74, 6) is 0.254. The summed E-state index contributed by atoms with van der Waals surface area (Å²) in [6.45, 7) is 0.600. The maximum Gasteiger partial charge on any atom is 0.247 e. The van der Waals surface area contributed by atoms with Crippen LogP contribution < -0.4 is 9.47 Å². The molecule has 2 aromatic carbocycles. The van der Waals surface area contributed by atoms with Crippen molar-refractivity contribution in [3.05, 3.63) is 52.8 Å². The van der Waals surface area contributed by atoms with Crippen LogP contribution in [0.4, 0.5) is 4.39 Å². The van der Waals surface area contributed by atoms with E-state index in [9.17, 15) is 12.8 Å². The fourth-order valence-corrected chi connectivity index (χ4v) is 4.57. The minimum absolute atomic E-state index is 0.0457. The summed E-state index contributed by atoms with van der Waals surface area (Å²) < 4.78 is 56.0. The zero-order valence-corrected chi connectivity index (χ0v) is 16.4. The highest BCUT2D eigenvalue weighted by atomic mass is 35.5. The van der Waals surface area contributed by atoms with E-state index < -0.39 is 15.8 Å². The van der Waals surface area contributed by atoms with Gasteiger partial charge in [0.05, 0.1) is 26.9 Å². The number of rotatable bonds is 7. The first-order chi connectivity index (χ1) is 12.8. The monoisotopic (exact) mass is 415 g/mol. The quantitative estimate of drug-likeness (QED) is 0.695. The molecule has 0 radical (unpaired) electrons. The van der Waals surface area contributed by atoms with Gasteiger partial charge in [0.1, 0.15) is 22.2 Å². The van der Waals surface area contributed by atoms with Gasteiger partial charge in [-0.05, 0) is 29.8 Å². The van der Waals surface area contributed by atoms with Crippen molar-refractivity contribution >= 4 is 21.6 Å². The van der Waals surface area contributed by atoms with Gasteiger partial charge < -0.3 is 14.2 Å². The van der Waals surface area contributed by atoms with E-state index in [1.165, 1.54) is 36.7 Å². The minimum atomic E-state index is -3.73. The van der Waals surface area contributed by atoms with Crippen LogP contribution in [-0.4, -0.2) is 46.1 Å². The SMILES string of the molecule is COc1ccc(OC)c(S(=O)(=O)N2CC(OCc3ccc(F)cc3Cl)C2)c1. The largest absolute Gasteiger partial charge is 0.497 e. The fraction of sp³-hybridized carbons (Fsp3) is 0.333. The number of hydrogen-bond donors (Lipinski definition) is 0. The van der Waals surface area contributed by atoms with Crippen LogP contribution in [0, 0.1) is 5.82 Å². The molecule has 9 heteroatoms. The van der Waals surface area contributed by atoms with Gasteiger partial charge >= 0.3 is 0 Å². The Hall–Kier alpha value is -1.87. The van der Waals surface area contributed by atoms with Gasteiger partial charge in [0, 0.05) is 24.2 Å². The zero-order chi connectivity index (χ0) is 19.6. The molecule has 1 saturated heterocycles. The van der Waals surface area contributed by atoms with Crippen LogP contribution >= 0.6 is 11.6 Å². The summed E-state index contributed by atoms with van der Waals surface area (Å²) in [5, 5.41) is 0.278. The van der Waals surface area contributed by atoms with Crippen molar-refractivity contribution in [2.24, 2.45) is 0 Å². The summed E-state index contributed by atoms with van der Waals surface area (Å²) in [4.78, 5) is 0.0457. The van der Waals surface area contributed by atoms with Gasteiger partial charge in [-0.3, -0.25) is 0 Å². The molecule has 0 bridgehead atoms. The maximum atomic E-state index is 13.1. The highest BCUT2D eigenvalue weighted by Gasteiger charge is 2.39. The van der Waals surface area contributed by atoms with Crippen LogP contribution in [-0.2, 0) is 21.4 Å². The number of methoxy groups -OCH3 is 2. The number of nitrogens with zero attached hydrogens (tertiary/aromatic N) is 1. The molecule has 1 aliphatic rings. The van der Waals surface area contributed by atoms with E-state index in [4.69, 9.17) is 25.8 Å². The second-order valence-corrected chi connectivity index (χ2v) is 8.32. The van der Waals surface area contributed by atoms with Crippen molar-refractivity contribution in [3.8, 4) is 11.5 Å². The second kappa shape index (κ2) is 8.02. The van der Waals surface area contributed by atoms with Gasteiger partial charge in [0.2, 0.25) is 10.0 Å². The molecule has 0 saturated carbocycles. The molecule has 2 aromatic rings. The van der Waals surface area contributed by atoms with E-state index in [0.717, 1.165) is 0 Å². The molecule has 0 atom stereocenters. The first-order valence-corrected chi connectivity index (χ1v) is 9.94. The lowest BCUT2D eigenvalue weighted by molar-refractivity contribution is -0.0296. The molecule has 0 aromatic heterocycles. The third-order valence-electron chi connectivity index (χ3n) is 4.29. The molecule has 1 fully saturated rings. The van der Waals surface area contributed by atoms with E-state index in [2.05, 4.69) is 0 Å². The zero-order valence-electron chi connectivity index (χ0n) is 14.8. The van der Waals surface area contributed by atoms with Gasteiger partial charge in [-0.25, -0.2) is 12.8 Å². The molecule has 3 rings (SSSR count). The summed E-state index contributed by atoms with van der Waals surface area (Å²) in [5.41, 5.74) is 0.647. The Bertz CT molecular complexity index is 931. The predicted octanol–water partition coefficient (Wildman–Crippen LogP) is 3.09. The molecule has 0 unspecified atom stereocenters. The molecular formula is C18H19ClFNO5S. The first-order valence-electron chi connectivity index (χ1n) is 8.13. The normalized spacial score (nSPS) is 15.4. The second-order valence-electron chi connectivity index (χ2n) is 6.01. The van der Waals surface area contributed by atoms with Crippen LogP contribution in [0.5, 0.6) is 11.5 Å². The molecule has 0 aliphatic carbocycles. The van der Waals surface area contributed by atoms with Gasteiger partial charge in [0.15, 0.2) is 0 Å². The number of ether oxygens (including phenoxy) is 3. The average Bonchev–Trinajstić information content (AvgIpc) is 2.61. The third kappa shape index (κ3) is 4.19. The Morgan fingerprint density at radius 3 is 2.52 bits per heavy atom. The highest BCUT2D eigenvalue weighted by Crippen LogP contribution is 2.33. The lowest BCUT2D eigenvalue weighted by Gasteiger charge is -2.38. The number of sulfonamides is 1. The van der Waals surface area contributed by atoms with E-state index in [1.54, 1.807) is 18.2 Å². The van der Waals surface area contributed by atoms with Crippen LogP contribution in [0.25, 0.3) is 0 Å².